The zero-order chi connectivity index (χ0) is 21.7. The van der Waals surface area contributed by atoms with E-state index in [9.17, 15) is 13.5 Å². The topological polar surface area (TPSA) is 69.6 Å². The largest absolute Gasteiger partial charge is 0.508 e. The molecule has 0 fully saturated rings. The van der Waals surface area contributed by atoms with Crippen LogP contribution in [0, 0.1) is 6.92 Å². The van der Waals surface area contributed by atoms with Crippen molar-refractivity contribution in [3.63, 3.8) is 0 Å². The Morgan fingerprint density at radius 2 is 1.53 bits per heavy atom. The van der Waals surface area contributed by atoms with Crippen LogP contribution >= 0.6 is 0 Å². The van der Waals surface area contributed by atoms with Crippen molar-refractivity contribution in [1.29, 1.82) is 0 Å². The Morgan fingerprint density at radius 1 is 0.900 bits per heavy atom. The molecule has 0 amide bonds. The first kappa shape index (κ1) is 21.7. The highest BCUT2D eigenvalue weighted by molar-refractivity contribution is 7.92. The zero-order valence-electron chi connectivity index (χ0n) is 17.6. The molecule has 0 saturated heterocycles. The smallest absolute Gasteiger partial charge is 0.262 e. The lowest BCUT2D eigenvalue weighted by Crippen LogP contribution is -2.21. The number of hydrogen-bond donors (Lipinski definition) is 2. The van der Waals surface area contributed by atoms with Crippen molar-refractivity contribution >= 4 is 21.4 Å². The van der Waals surface area contributed by atoms with E-state index in [2.05, 4.69) is 23.5 Å². The van der Waals surface area contributed by atoms with Gasteiger partial charge in [-0.1, -0.05) is 29.8 Å². The minimum Gasteiger partial charge on any atom is -0.508 e. The second kappa shape index (κ2) is 9.22. The van der Waals surface area contributed by atoms with Crippen molar-refractivity contribution in [1.82, 2.24) is 0 Å². The summed E-state index contributed by atoms with van der Waals surface area (Å²) < 4.78 is 28.7. The van der Waals surface area contributed by atoms with Gasteiger partial charge < -0.3 is 10.0 Å². The van der Waals surface area contributed by atoms with Gasteiger partial charge in [0.05, 0.1) is 4.90 Å². The molecule has 5 nitrogen and oxygen atoms in total. The Labute approximate surface area is 179 Å². The zero-order valence-corrected chi connectivity index (χ0v) is 18.4. The maximum atomic E-state index is 13.0. The summed E-state index contributed by atoms with van der Waals surface area (Å²) in [5, 5.41) is 9.96. The van der Waals surface area contributed by atoms with Crippen LogP contribution in [0.25, 0.3) is 0 Å². The quantitative estimate of drug-likeness (QED) is 0.537. The summed E-state index contributed by atoms with van der Waals surface area (Å²) in [5.41, 5.74) is 4.21. The standard InChI is InChI=1S/C24H28N2O3S/c1-4-26(5-2)22-12-8-19(9-13-22)16-20-17-23(27)14-15-24(20)30(28,29)25-21-10-6-18(3)7-11-21/h6-15,17,25,27H,4-5,16H2,1-3H3. The number of rotatable bonds is 8. The van der Waals surface area contributed by atoms with Gasteiger partial charge >= 0.3 is 0 Å². The second-order valence-electron chi connectivity index (χ2n) is 7.28. The number of nitrogens with one attached hydrogen (secondary N) is 1. The molecule has 3 aromatic rings. The highest BCUT2D eigenvalue weighted by Crippen LogP contribution is 2.26. The molecule has 3 aromatic carbocycles. The predicted molar refractivity (Wildman–Crippen MR) is 123 cm³/mol. The van der Waals surface area contributed by atoms with Gasteiger partial charge in [0, 0.05) is 24.5 Å². The molecule has 158 valence electrons. The number of aryl methyl sites for hydroxylation is 1. The Balaban J connectivity index is 1.89. The van der Waals surface area contributed by atoms with Crippen LogP contribution in [-0.2, 0) is 16.4 Å². The molecule has 0 heterocycles. The molecule has 0 aliphatic rings. The van der Waals surface area contributed by atoms with Crippen LogP contribution in [0.3, 0.4) is 0 Å². The molecule has 0 unspecified atom stereocenters. The summed E-state index contributed by atoms with van der Waals surface area (Å²) in [6.45, 7) is 8.03. The van der Waals surface area contributed by atoms with E-state index in [-0.39, 0.29) is 10.6 Å². The summed E-state index contributed by atoms with van der Waals surface area (Å²) >= 11 is 0. The SMILES string of the molecule is CCN(CC)c1ccc(Cc2cc(O)ccc2S(=O)(=O)Nc2ccc(C)cc2)cc1. The summed E-state index contributed by atoms with van der Waals surface area (Å²) in [6.07, 6.45) is 0.400. The van der Waals surface area contributed by atoms with Gasteiger partial charge in [-0.3, -0.25) is 4.72 Å². The lowest BCUT2D eigenvalue weighted by molar-refractivity contribution is 0.474. The Hall–Kier alpha value is -2.99. The van der Waals surface area contributed by atoms with Crippen LogP contribution < -0.4 is 9.62 Å². The second-order valence-corrected chi connectivity index (χ2v) is 8.93. The molecule has 6 heteroatoms. The molecule has 0 bridgehead atoms. The minimum atomic E-state index is -3.79. The number of nitrogens with zero attached hydrogens (tertiary/aromatic N) is 1. The van der Waals surface area contributed by atoms with E-state index in [0.29, 0.717) is 17.7 Å². The van der Waals surface area contributed by atoms with Crippen molar-refractivity contribution in [2.75, 3.05) is 22.7 Å². The third kappa shape index (κ3) is 5.13. The normalized spacial score (nSPS) is 11.3. The van der Waals surface area contributed by atoms with Crippen molar-refractivity contribution < 1.29 is 13.5 Å². The minimum absolute atomic E-state index is 0.0408. The van der Waals surface area contributed by atoms with Gasteiger partial charge in [0.25, 0.3) is 10.0 Å². The highest BCUT2D eigenvalue weighted by Gasteiger charge is 2.19. The lowest BCUT2D eigenvalue weighted by Gasteiger charge is -2.21. The van der Waals surface area contributed by atoms with E-state index in [4.69, 9.17) is 0 Å². The fourth-order valence-corrected chi connectivity index (χ4v) is 4.71. The van der Waals surface area contributed by atoms with Gasteiger partial charge in [0.2, 0.25) is 0 Å². The highest BCUT2D eigenvalue weighted by atomic mass is 32.2. The van der Waals surface area contributed by atoms with E-state index >= 15 is 0 Å². The average Bonchev–Trinajstić information content (AvgIpc) is 2.71. The van der Waals surface area contributed by atoms with Gasteiger partial charge in [-0.2, -0.15) is 0 Å². The number of aromatic hydroxyl groups is 1. The monoisotopic (exact) mass is 424 g/mol. The lowest BCUT2D eigenvalue weighted by atomic mass is 10.0. The van der Waals surface area contributed by atoms with Crippen LogP contribution in [0.4, 0.5) is 11.4 Å². The maximum absolute atomic E-state index is 13.0. The molecule has 30 heavy (non-hydrogen) atoms. The Morgan fingerprint density at radius 3 is 2.13 bits per heavy atom. The first-order valence-electron chi connectivity index (χ1n) is 10.1. The van der Waals surface area contributed by atoms with Gasteiger partial charge in [0.15, 0.2) is 0 Å². The first-order valence-corrected chi connectivity index (χ1v) is 11.6. The molecule has 0 spiro atoms. The van der Waals surface area contributed by atoms with Crippen molar-refractivity contribution in [2.24, 2.45) is 0 Å². The number of benzene rings is 3. The fourth-order valence-electron chi connectivity index (χ4n) is 3.43. The van der Waals surface area contributed by atoms with Gasteiger partial charge in [0.1, 0.15) is 5.75 Å². The van der Waals surface area contributed by atoms with E-state index in [1.165, 1.54) is 18.2 Å². The number of hydrogen-bond acceptors (Lipinski definition) is 4. The van der Waals surface area contributed by atoms with E-state index in [0.717, 1.165) is 29.9 Å². The third-order valence-electron chi connectivity index (χ3n) is 5.10. The van der Waals surface area contributed by atoms with E-state index in [1.807, 2.05) is 43.3 Å². The van der Waals surface area contributed by atoms with Crippen molar-refractivity contribution in [3.05, 3.63) is 83.4 Å². The van der Waals surface area contributed by atoms with Crippen LogP contribution in [0.2, 0.25) is 0 Å². The molecule has 2 N–H and O–H groups in total. The first-order chi connectivity index (χ1) is 14.3. The van der Waals surface area contributed by atoms with E-state index in [1.54, 1.807) is 12.1 Å². The number of anilines is 2. The molecule has 3 rings (SSSR count). The summed E-state index contributed by atoms with van der Waals surface area (Å²) in [4.78, 5) is 2.41. The summed E-state index contributed by atoms with van der Waals surface area (Å²) in [6, 6.07) is 19.6. The number of phenols is 1. The Bertz CT molecular complexity index is 1090. The summed E-state index contributed by atoms with van der Waals surface area (Å²) in [7, 11) is -3.79. The summed E-state index contributed by atoms with van der Waals surface area (Å²) in [5.74, 6) is 0.0408. The molecule has 0 aliphatic carbocycles. The van der Waals surface area contributed by atoms with Crippen LogP contribution in [0.1, 0.15) is 30.5 Å². The predicted octanol–water partition coefficient (Wildman–Crippen LogP) is 4.94. The maximum Gasteiger partial charge on any atom is 0.262 e. The average molecular weight is 425 g/mol. The van der Waals surface area contributed by atoms with Crippen LogP contribution in [0.15, 0.2) is 71.6 Å². The third-order valence-corrected chi connectivity index (χ3v) is 6.58. The number of phenolic OH excluding ortho intramolecular Hbond substituents is 1. The molecular formula is C24H28N2O3S. The molecule has 0 saturated carbocycles. The molecular weight excluding hydrogens is 396 g/mol. The van der Waals surface area contributed by atoms with Crippen LogP contribution in [-0.4, -0.2) is 26.6 Å². The molecule has 0 aromatic heterocycles. The molecule has 0 radical (unpaired) electrons. The number of sulfonamides is 1. The molecule has 0 atom stereocenters. The van der Waals surface area contributed by atoms with Gasteiger partial charge in [-0.25, -0.2) is 8.42 Å². The fraction of sp³-hybridized carbons (Fsp3) is 0.250. The van der Waals surface area contributed by atoms with E-state index < -0.39 is 10.0 Å². The van der Waals surface area contributed by atoms with Crippen LogP contribution in [0.5, 0.6) is 5.75 Å². The Kier molecular flexibility index (Phi) is 6.67. The van der Waals surface area contributed by atoms with Gasteiger partial charge in [-0.15, -0.1) is 0 Å². The molecule has 0 aliphatic heterocycles. The van der Waals surface area contributed by atoms with Crippen molar-refractivity contribution in [2.45, 2.75) is 32.1 Å². The van der Waals surface area contributed by atoms with Gasteiger partial charge in [-0.05, 0) is 80.8 Å². The van der Waals surface area contributed by atoms with Crippen molar-refractivity contribution in [3.8, 4) is 5.75 Å².